The molecule has 0 fully saturated rings. The molecule has 0 aromatic carbocycles. The lowest BCUT2D eigenvalue weighted by atomic mass is 10.3. The van der Waals surface area contributed by atoms with E-state index < -0.39 is 0 Å². The first kappa shape index (κ1) is 10.9. The van der Waals surface area contributed by atoms with Gasteiger partial charge in [-0.15, -0.1) is 0 Å². The Bertz CT molecular complexity index is 474. The number of hydrogen-bond acceptors (Lipinski definition) is 4. The maximum Gasteiger partial charge on any atom is 0.143 e. The number of aryl methyl sites for hydroxylation is 1. The van der Waals surface area contributed by atoms with Gasteiger partial charge in [-0.2, -0.15) is 0 Å². The van der Waals surface area contributed by atoms with Crippen LogP contribution in [0.15, 0.2) is 12.3 Å². The molecule has 5 heteroatoms. The third kappa shape index (κ3) is 2.30. The Morgan fingerprint density at radius 1 is 1.38 bits per heavy atom. The van der Waals surface area contributed by atoms with Gasteiger partial charge in [0.15, 0.2) is 0 Å². The molecule has 2 rings (SSSR count). The summed E-state index contributed by atoms with van der Waals surface area (Å²) in [5.74, 6) is 1.69. The Labute approximate surface area is 94.9 Å². The fraction of sp³-hybridized carbons (Fsp3) is 0.455. The number of likely N-dealkylation sites (N-methyl/N-ethyl adjacent to an activating group) is 1. The largest absolute Gasteiger partial charge is 0.368 e. The summed E-state index contributed by atoms with van der Waals surface area (Å²) in [7, 11) is 4.11. The molecule has 2 aromatic heterocycles. The molecule has 0 spiro atoms. The van der Waals surface area contributed by atoms with Gasteiger partial charge >= 0.3 is 0 Å². The standard InChI is InChI=1S/C11H17N5/c1-8-14-10-9(4-5-12-10)11(15-8)13-6-7-16(2)3/h4-5H,6-7H2,1-3H3,(H2,12,13,14,15). The van der Waals surface area contributed by atoms with Crippen molar-refractivity contribution >= 4 is 16.9 Å². The molecule has 0 unspecified atom stereocenters. The van der Waals surface area contributed by atoms with Crippen molar-refractivity contribution in [3.63, 3.8) is 0 Å². The van der Waals surface area contributed by atoms with Gasteiger partial charge in [-0.1, -0.05) is 0 Å². The lowest BCUT2D eigenvalue weighted by molar-refractivity contribution is 0.425. The molecule has 5 nitrogen and oxygen atoms in total. The van der Waals surface area contributed by atoms with Crippen LogP contribution in [0.1, 0.15) is 5.82 Å². The fourth-order valence-corrected chi connectivity index (χ4v) is 1.59. The minimum absolute atomic E-state index is 0.780. The van der Waals surface area contributed by atoms with Crippen molar-refractivity contribution in [3.05, 3.63) is 18.1 Å². The minimum Gasteiger partial charge on any atom is -0.368 e. The highest BCUT2D eigenvalue weighted by atomic mass is 15.1. The highest BCUT2D eigenvalue weighted by molar-refractivity contribution is 5.86. The van der Waals surface area contributed by atoms with Crippen LogP contribution in [0.5, 0.6) is 0 Å². The van der Waals surface area contributed by atoms with E-state index in [1.54, 1.807) is 0 Å². The molecule has 0 amide bonds. The fourth-order valence-electron chi connectivity index (χ4n) is 1.59. The van der Waals surface area contributed by atoms with E-state index in [2.05, 4.69) is 39.3 Å². The van der Waals surface area contributed by atoms with Gasteiger partial charge in [0, 0.05) is 19.3 Å². The van der Waals surface area contributed by atoms with Crippen molar-refractivity contribution in [1.82, 2.24) is 19.9 Å². The molecular weight excluding hydrogens is 202 g/mol. The van der Waals surface area contributed by atoms with E-state index in [0.29, 0.717) is 0 Å². The molecule has 0 bridgehead atoms. The van der Waals surface area contributed by atoms with E-state index in [4.69, 9.17) is 0 Å². The van der Waals surface area contributed by atoms with Crippen molar-refractivity contribution < 1.29 is 0 Å². The van der Waals surface area contributed by atoms with Crippen LogP contribution in [0.25, 0.3) is 11.0 Å². The van der Waals surface area contributed by atoms with Crippen LogP contribution >= 0.6 is 0 Å². The number of nitrogens with one attached hydrogen (secondary N) is 2. The second-order valence-corrected chi connectivity index (χ2v) is 4.09. The monoisotopic (exact) mass is 219 g/mol. The van der Waals surface area contributed by atoms with Crippen LogP contribution in [0.3, 0.4) is 0 Å². The average molecular weight is 219 g/mol. The van der Waals surface area contributed by atoms with Crippen LogP contribution < -0.4 is 5.32 Å². The Hall–Kier alpha value is -1.62. The Kier molecular flexibility index (Phi) is 3.05. The number of fused-ring (bicyclic) bond motifs is 1. The molecule has 86 valence electrons. The van der Waals surface area contributed by atoms with Crippen LogP contribution in [0.2, 0.25) is 0 Å². The van der Waals surface area contributed by atoms with Crippen molar-refractivity contribution in [2.45, 2.75) is 6.92 Å². The summed E-state index contributed by atoms with van der Waals surface area (Å²) in [6.45, 7) is 3.76. The maximum atomic E-state index is 4.41. The van der Waals surface area contributed by atoms with Crippen LogP contribution in [0.4, 0.5) is 5.82 Å². The first-order valence-corrected chi connectivity index (χ1v) is 5.37. The number of aromatic nitrogens is 3. The van der Waals surface area contributed by atoms with Crippen molar-refractivity contribution in [1.29, 1.82) is 0 Å². The zero-order valence-electron chi connectivity index (χ0n) is 9.91. The predicted molar refractivity (Wildman–Crippen MR) is 65.7 cm³/mol. The summed E-state index contributed by atoms with van der Waals surface area (Å²) in [5.41, 5.74) is 0.889. The third-order valence-corrected chi connectivity index (χ3v) is 2.38. The summed E-state index contributed by atoms with van der Waals surface area (Å²) in [5, 5.41) is 4.38. The van der Waals surface area contributed by atoms with Gasteiger partial charge in [0.1, 0.15) is 17.3 Å². The smallest absolute Gasteiger partial charge is 0.143 e. The second-order valence-electron chi connectivity index (χ2n) is 4.09. The highest BCUT2D eigenvalue weighted by Crippen LogP contribution is 2.18. The minimum atomic E-state index is 0.780. The van der Waals surface area contributed by atoms with E-state index in [-0.39, 0.29) is 0 Å². The molecular formula is C11H17N5. The topological polar surface area (TPSA) is 56.8 Å². The number of nitrogens with zero attached hydrogens (tertiary/aromatic N) is 3. The Morgan fingerprint density at radius 3 is 2.94 bits per heavy atom. The first-order valence-electron chi connectivity index (χ1n) is 5.37. The molecule has 2 heterocycles. The molecule has 0 aliphatic carbocycles. The maximum absolute atomic E-state index is 4.41. The quantitative estimate of drug-likeness (QED) is 0.812. The summed E-state index contributed by atoms with van der Waals surface area (Å²) in [4.78, 5) is 14.0. The molecule has 0 aliphatic heterocycles. The number of anilines is 1. The molecule has 2 aromatic rings. The van der Waals surface area contributed by atoms with E-state index in [9.17, 15) is 0 Å². The Balaban J connectivity index is 2.19. The zero-order valence-corrected chi connectivity index (χ0v) is 9.91. The van der Waals surface area contributed by atoms with Crippen molar-refractivity contribution in [2.24, 2.45) is 0 Å². The molecule has 16 heavy (non-hydrogen) atoms. The molecule has 0 aliphatic rings. The molecule has 0 radical (unpaired) electrons. The number of H-pyrrole nitrogens is 1. The van der Waals surface area contributed by atoms with E-state index >= 15 is 0 Å². The molecule has 0 atom stereocenters. The van der Waals surface area contributed by atoms with Crippen LogP contribution in [-0.4, -0.2) is 47.0 Å². The van der Waals surface area contributed by atoms with E-state index in [1.165, 1.54) is 0 Å². The summed E-state index contributed by atoms with van der Waals surface area (Å²) < 4.78 is 0. The van der Waals surface area contributed by atoms with Gasteiger partial charge in [0.2, 0.25) is 0 Å². The molecule has 2 N–H and O–H groups in total. The number of hydrogen-bond donors (Lipinski definition) is 2. The van der Waals surface area contributed by atoms with E-state index in [1.807, 2.05) is 19.2 Å². The zero-order chi connectivity index (χ0) is 11.5. The van der Waals surface area contributed by atoms with Gasteiger partial charge in [-0.25, -0.2) is 9.97 Å². The molecule has 0 saturated heterocycles. The van der Waals surface area contributed by atoms with Gasteiger partial charge in [0.05, 0.1) is 5.39 Å². The van der Waals surface area contributed by atoms with E-state index in [0.717, 1.165) is 35.8 Å². The van der Waals surface area contributed by atoms with Gasteiger partial charge in [-0.3, -0.25) is 0 Å². The van der Waals surface area contributed by atoms with Gasteiger partial charge in [-0.05, 0) is 27.1 Å². The van der Waals surface area contributed by atoms with Gasteiger partial charge in [0.25, 0.3) is 0 Å². The first-order chi connectivity index (χ1) is 7.66. The van der Waals surface area contributed by atoms with Crippen LogP contribution in [-0.2, 0) is 0 Å². The number of rotatable bonds is 4. The van der Waals surface area contributed by atoms with Gasteiger partial charge < -0.3 is 15.2 Å². The van der Waals surface area contributed by atoms with Crippen molar-refractivity contribution in [2.75, 3.05) is 32.5 Å². The SMILES string of the molecule is Cc1nc(NCCN(C)C)c2cc[nH]c2n1. The summed E-state index contributed by atoms with van der Waals surface area (Å²) >= 11 is 0. The normalized spacial score (nSPS) is 11.2. The molecule has 0 saturated carbocycles. The van der Waals surface area contributed by atoms with Crippen molar-refractivity contribution in [3.8, 4) is 0 Å². The lowest BCUT2D eigenvalue weighted by Gasteiger charge is -2.11. The summed E-state index contributed by atoms with van der Waals surface area (Å²) in [6.07, 6.45) is 1.88. The second kappa shape index (κ2) is 4.49. The average Bonchev–Trinajstić information content (AvgIpc) is 2.64. The van der Waals surface area contributed by atoms with Crippen LogP contribution in [0, 0.1) is 6.92 Å². The lowest BCUT2D eigenvalue weighted by Crippen LogP contribution is -2.21. The third-order valence-electron chi connectivity index (χ3n) is 2.38. The highest BCUT2D eigenvalue weighted by Gasteiger charge is 2.05. The Morgan fingerprint density at radius 2 is 2.19 bits per heavy atom. The predicted octanol–water partition coefficient (Wildman–Crippen LogP) is 1.24. The number of aromatic amines is 1. The summed E-state index contributed by atoms with van der Waals surface area (Å²) in [6, 6.07) is 1.99.